The molecule has 2 heterocycles. The summed E-state index contributed by atoms with van der Waals surface area (Å²) in [4.78, 5) is 4.41. The monoisotopic (exact) mass is 536 g/mol. The van der Waals surface area contributed by atoms with Crippen molar-refractivity contribution in [3.63, 3.8) is 0 Å². The fraction of sp³-hybridized carbons (Fsp3) is 0.357. The third-order valence-electron chi connectivity index (χ3n) is 6.79. The molecule has 1 fully saturated rings. The Morgan fingerprint density at radius 2 is 2.03 bits per heavy atom. The molecule has 3 aromatic rings. The van der Waals surface area contributed by atoms with Gasteiger partial charge < -0.3 is 21.2 Å². The van der Waals surface area contributed by atoms with Crippen LogP contribution in [0.25, 0.3) is 10.9 Å². The second kappa shape index (κ2) is 10.3. The van der Waals surface area contributed by atoms with E-state index in [-0.39, 0.29) is 18.1 Å². The Bertz CT molecular complexity index is 1470. The van der Waals surface area contributed by atoms with E-state index in [0.29, 0.717) is 50.2 Å². The van der Waals surface area contributed by atoms with Crippen molar-refractivity contribution >= 4 is 33.9 Å². The van der Waals surface area contributed by atoms with Crippen molar-refractivity contribution in [2.75, 3.05) is 17.2 Å². The van der Waals surface area contributed by atoms with Gasteiger partial charge in [0.05, 0.1) is 47.5 Å². The summed E-state index contributed by atoms with van der Waals surface area (Å²) in [7, 11) is 0. The van der Waals surface area contributed by atoms with Gasteiger partial charge in [-0.15, -0.1) is 5.53 Å². The molecule has 1 aliphatic carbocycles. The normalized spacial score (nSPS) is 18.2. The molecule has 1 aliphatic heterocycles. The van der Waals surface area contributed by atoms with Crippen molar-refractivity contribution in [1.29, 1.82) is 5.26 Å². The van der Waals surface area contributed by atoms with Gasteiger partial charge in [0, 0.05) is 29.5 Å². The lowest BCUT2D eigenvalue weighted by molar-refractivity contribution is 0.202. The molecule has 0 bridgehead atoms. The smallest absolute Gasteiger partial charge is 0.123 e. The number of nitriles is 1. The van der Waals surface area contributed by atoms with Crippen molar-refractivity contribution in [3.8, 4) is 6.07 Å². The first kappa shape index (κ1) is 24.7. The zero-order valence-corrected chi connectivity index (χ0v) is 22.2. The van der Waals surface area contributed by atoms with Crippen molar-refractivity contribution in [2.24, 2.45) is 5.41 Å². The highest BCUT2D eigenvalue weighted by molar-refractivity contribution is 6.35. The highest BCUT2D eigenvalue weighted by Crippen LogP contribution is 2.37. The molecule has 8 nitrogen and oxygen atoms in total. The highest BCUT2D eigenvalue weighted by atomic mass is 35.5. The zero-order valence-electron chi connectivity index (χ0n) is 22.4. The fourth-order valence-corrected chi connectivity index (χ4v) is 4.61. The van der Waals surface area contributed by atoms with Crippen molar-refractivity contribution in [3.05, 3.63) is 76.5 Å². The van der Waals surface area contributed by atoms with Crippen LogP contribution in [0.3, 0.4) is 0 Å². The quantitative estimate of drug-likeness (QED) is 0.267. The van der Waals surface area contributed by atoms with Gasteiger partial charge in [-0.05, 0) is 48.1 Å². The molecule has 198 valence electrons. The molecule has 1 saturated carbocycles. The Labute approximate surface area is 227 Å². The van der Waals surface area contributed by atoms with E-state index in [9.17, 15) is 16.1 Å². The third-order valence-corrected chi connectivity index (χ3v) is 7.08. The fourth-order valence-electron chi connectivity index (χ4n) is 4.34. The maximum Gasteiger partial charge on any atom is 0.123 e. The van der Waals surface area contributed by atoms with Crippen molar-refractivity contribution in [1.82, 2.24) is 21.0 Å². The summed E-state index contributed by atoms with van der Waals surface area (Å²) in [5, 5.41) is 29.4. The third kappa shape index (κ3) is 5.34. The highest BCUT2D eigenvalue weighted by Gasteiger charge is 2.32. The van der Waals surface area contributed by atoms with Crippen molar-refractivity contribution in [2.45, 2.75) is 51.7 Å². The van der Waals surface area contributed by atoms with Crippen LogP contribution in [-0.4, -0.2) is 33.8 Å². The number of anilines is 2. The number of hydrogen-bond donors (Lipinski definition) is 5. The Kier molecular flexibility index (Phi) is 6.70. The first-order valence-corrected chi connectivity index (χ1v) is 12.9. The Balaban J connectivity index is 1.61. The van der Waals surface area contributed by atoms with E-state index >= 15 is 0 Å². The van der Waals surface area contributed by atoms with E-state index in [1.165, 1.54) is 18.3 Å². The predicted molar refractivity (Wildman–Crippen MR) is 147 cm³/mol. The van der Waals surface area contributed by atoms with Gasteiger partial charge in [0.15, 0.2) is 0 Å². The summed E-state index contributed by atoms with van der Waals surface area (Å²) in [6, 6.07) is 9.86. The molecular formula is C28H31ClFN7O. The number of hydrazine groups is 2. The van der Waals surface area contributed by atoms with Gasteiger partial charge in [0.25, 0.3) is 0 Å². The predicted octanol–water partition coefficient (Wildman–Crippen LogP) is 5.20. The maximum absolute atomic E-state index is 13.8. The van der Waals surface area contributed by atoms with Crippen LogP contribution in [0.15, 0.2) is 54.5 Å². The van der Waals surface area contributed by atoms with Crippen LogP contribution < -0.4 is 21.6 Å². The van der Waals surface area contributed by atoms with Gasteiger partial charge in [-0.2, -0.15) is 5.26 Å². The molecule has 0 saturated heterocycles. The largest absolute Gasteiger partial charge is 0.394 e. The number of rotatable bonds is 8. The van der Waals surface area contributed by atoms with Gasteiger partial charge in [-0.3, -0.25) is 9.99 Å². The number of nitrogens with zero attached hydrogens (tertiary/aromatic N) is 3. The number of fused-ring (bicyclic) bond motifs is 1. The molecule has 5 rings (SSSR count). The van der Waals surface area contributed by atoms with E-state index in [1.807, 2.05) is 32.0 Å². The number of nitrogens with one attached hydrogen (secondary N) is 4. The molecule has 1 aromatic heterocycles. The Hall–Kier alpha value is -3.58. The number of aliphatic hydroxyl groups is 1. The first-order valence-electron chi connectivity index (χ1n) is 13.0. The van der Waals surface area contributed by atoms with E-state index in [4.69, 9.17) is 11.6 Å². The summed E-state index contributed by atoms with van der Waals surface area (Å²) in [6.07, 6.45) is 5.42. The molecule has 2 atom stereocenters. The van der Waals surface area contributed by atoms with E-state index in [2.05, 4.69) is 32.6 Å². The Morgan fingerprint density at radius 1 is 1.29 bits per heavy atom. The zero-order chi connectivity index (χ0) is 27.9. The molecule has 0 radical (unpaired) electrons. The van der Waals surface area contributed by atoms with Gasteiger partial charge in [0.2, 0.25) is 0 Å². The van der Waals surface area contributed by atoms with Crippen LogP contribution in [0.5, 0.6) is 0 Å². The summed E-state index contributed by atoms with van der Waals surface area (Å²) in [5.41, 5.74) is 8.70. The van der Waals surface area contributed by atoms with Gasteiger partial charge in [-0.25, -0.2) is 4.39 Å². The molecule has 5 N–H and O–H groups in total. The van der Waals surface area contributed by atoms with Gasteiger partial charge >= 0.3 is 0 Å². The molecule has 10 heteroatoms. The van der Waals surface area contributed by atoms with Crippen LogP contribution >= 0.6 is 11.6 Å². The van der Waals surface area contributed by atoms with Gasteiger partial charge in [0.1, 0.15) is 11.9 Å². The molecule has 0 amide bonds. The van der Waals surface area contributed by atoms with Crippen LogP contribution in [0.4, 0.5) is 15.8 Å². The molecule has 38 heavy (non-hydrogen) atoms. The lowest BCUT2D eigenvalue weighted by atomic mass is 9.87. The minimum atomic E-state index is -1.55. The summed E-state index contributed by atoms with van der Waals surface area (Å²) < 4.78 is 23.4. The average Bonchev–Trinajstić information content (AvgIpc) is 3.62. The van der Waals surface area contributed by atoms with E-state index in [1.54, 1.807) is 24.3 Å². The standard InChI is InChI=1S/C28H31ClFN7O/c1-28(2,3)24(15-38)34-25-17(12-31)13-32-27-21(25)10-19(11-22(27)29)33-26(16-4-6-18(30)7-5-16)23-14-37(36-35-23)20-8-9-20/h4-7,10-11,13-14,20,24,26,33,35-36,38H,8-9,15H2,1-3H3,(H,32,34)/t24-,26-/m1/s1/i26D. The number of hydrogen-bond acceptors (Lipinski definition) is 8. The number of aliphatic hydroxyl groups excluding tert-OH is 1. The minimum absolute atomic E-state index is 0.144. The summed E-state index contributed by atoms with van der Waals surface area (Å²) in [5.74, 6) is -0.399. The minimum Gasteiger partial charge on any atom is -0.394 e. The average molecular weight is 537 g/mol. The molecule has 0 unspecified atom stereocenters. The Morgan fingerprint density at radius 3 is 2.66 bits per heavy atom. The van der Waals surface area contributed by atoms with E-state index in [0.717, 1.165) is 12.8 Å². The van der Waals surface area contributed by atoms with E-state index < -0.39 is 11.8 Å². The lowest BCUT2D eigenvalue weighted by Gasteiger charge is -2.31. The second-order valence-corrected chi connectivity index (χ2v) is 11.1. The number of pyridine rings is 1. The van der Waals surface area contributed by atoms with Gasteiger partial charge in [-0.1, -0.05) is 44.5 Å². The summed E-state index contributed by atoms with van der Waals surface area (Å²) >= 11 is 6.69. The SMILES string of the molecule is [2H][C@](Nc1cc(Cl)c2ncc(C#N)c(N[C@H](CO)C(C)(C)C)c2c1)(C1=CN(C2CC2)NN1)c1ccc(F)cc1. The topological polar surface area (TPSA) is 108 Å². The van der Waals surface area contributed by atoms with Crippen molar-refractivity contribution < 1.29 is 10.9 Å². The molecular weight excluding hydrogens is 505 g/mol. The number of benzene rings is 2. The lowest BCUT2D eigenvalue weighted by Crippen LogP contribution is -2.38. The maximum atomic E-state index is 13.8. The molecule has 0 spiro atoms. The van der Waals surface area contributed by atoms with Crippen LogP contribution in [0, 0.1) is 22.6 Å². The summed E-state index contributed by atoms with van der Waals surface area (Å²) in [6.45, 7) is 5.84. The number of halogens is 2. The molecule has 2 aromatic carbocycles. The van der Waals surface area contributed by atoms with Crippen LogP contribution in [0.1, 0.15) is 52.1 Å². The van der Waals surface area contributed by atoms with Crippen LogP contribution in [-0.2, 0) is 0 Å². The first-order chi connectivity index (χ1) is 18.5. The molecule has 2 aliphatic rings. The second-order valence-electron chi connectivity index (χ2n) is 10.7. The van der Waals surface area contributed by atoms with Crippen LogP contribution in [0.2, 0.25) is 5.02 Å². The number of aromatic nitrogens is 1.